The summed E-state index contributed by atoms with van der Waals surface area (Å²) in [5.74, 6) is 0.963. The molecule has 7 rings (SSSR count). The summed E-state index contributed by atoms with van der Waals surface area (Å²) < 4.78 is 11.2. The number of likely N-dealkylation sites (tertiary alicyclic amines) is 1. The Morgan fingerprint density at radius 3 is 2.32 bits per heavy atom. The summed E-state index contributed by atoms with van der Waals surface area (Å²) in [6.07, 6.45) is 4.23. The molecule has 4 atom stereocenters. The molecule has 4 heterocycles. The van der Waals surface area contributed by atoms with Crippen LogP contribution in [0.3, 0.4) is 0 Å². The first-order valence-corrected chi connectivity index (χ1v) is 25.1. The van der Waals surface area contributed by atoms with Crippen molar-refractivity contribution in [3.8, 4) is 28.1 Å². The predicted molar refractivity (Wildman–Crippen MR) is 241 cm³/mol. The maximum absolute atomic E-state index is 14.0. The van der Waals surface area contributed by atoms with Gasteiger partial charge in [0.25, 0.3) is 0 Å². The van der Waals surface area contributed by atoms with Gasteiger partial charge in [-0.15, -0.1) is 0 Å². The van der Waals surface area contributed by atoms with Gasteiger partial charge in [-0.1, -0.05) is 72.0 Å². The third-order valence-electron chi connectivity index (χ3n) is 12.1. The number of aliphatic hydroxyl groups is 1. The number of nitrogens with zero attached hydrogens (tertiary/aromatic N) is 4. The van der Waals surface area contributed by atoms with Crippen LogP contribution in [-0.2, 0) is 19.1 Å². The zero-order valence-electron chi connectivity index (χ0n) is 37.0. The molecular weight excluding hydrogens is 805 g/mol. The van der Waals surface area contributed by atoms with Gasteiger partial charge in [0.1, 0.15) is 36.1 Å². The number of nitrogens with one attached hydrogen (secondary N) is 4. The number of methoxy groups -OCH3 is 1. The van der Waals surface area contributed by atoms with E-state index in [1.165, 1.54) is 7.11 Å². The van der Waals surface area contributed by atoms with E-state index in [0.717, 1.165) is 75.2 Å². The number of alkyl carbamates (subject to hydrolysis) is 1. The van der Waals surface area contributed by atoms with Crippen LogP contribution in [0, 0.1) is 11.8 Å². The lowest BCUT2D eigenvalue weighted by Gasteiger charge is -2.30. The number of rotatable bonds is 14. The summed E-state index contributed by atoms with van der Waals surface area (Å²) in [5, 5.41) is 16.8. The van der Waals surface area contributed by atoms with E-state index in [1.807, 2.05) is 50.9 Å². The molecule has 16 heteroatoms. The number of aliphatic hydroxyl groups excluding tert-OH is 1. The molecule has 2 aliphatic rings. The molecule has 3 aromatic carbocycles. The predicted octanol–water partition coefficient (Wildman–Crippen LogP) is 6.87. The average Bonchev–Trinajstić information content (AvgIpc) is 4.08. The van der Waals surface area contributed by atoms with Gasteiger partial charge in [0.05, 0.1) is 56.8 Å². The zero-order valence-corrected chi connectivity index (χ0v) is 38.0. The van der Waals surface area contributed by atoms with Crippen molar-refractivity contribution in [2.24, 2.45) is 11.8 Å². The van der Waals surface area contributed by atoms with E-state index in [1.54, 1.807) is 4.90 Å². The van der Waals surface area contributed by atoms with Crippen molar-refractivity contribution >= 4 is 53.7 Å². The molecule has 0 spiro atoms. The number of ether oxygens (including phenoxy) is 2. The standard InChI is InChI=1S/C46H60N8O7Si/c1-9-19-61-37-21-29(13-16-32(37)34-22-47-42(49-34)36-24-62(7,8)25-54(36)45(58)40(27(4)5)52-46(59)60-6)28-12-15-31-30(20-28)14-17-33-41(31)51-43(48-33)35-11-10-18-53(35)44(57)39(26(2)3)50-38(56)23-55/h12-17,20-22,26-27,35-36,39-40,55H,9-11,18-19,23-25H2,1-8H3,(H,47,49)(H,48,51)(H,50,56)(H,52,59)/t35-,36-,39-,40-/m0/s1. The van der Waals surface area contributed by atoms with Crippen LogP contribution in [-0.4, -0.2) is 112 Å². The van der Waals surface area contributed by atoms with Gasteiger partial charge < -0.3 is 45.0 Å². The van der Waals surface area contributed by atoms with E-state index in [0.29, 0.717) is 31.0 Å². The molecule has 330 valence electrons. The van der Waals surface area contributed by atoms with Crippen LogP contribution in [0.5, 0.6) is 5.75 Å². The van der Waals surface area contributed by atoms with Crippen molar-refractivity contribution in [3.63, 3.8) is 0 Å². The fraction of sp³-hybridized carbons (Fsp3) is 0.478. The van der Waals surface area contributed by atoms with E-state index in [2.05, 4.69) is 77.0 Å². The minimum absolute atomic E-state index is 0.134. The van der Waals surface area contributed by atoms with Crippen LogP contribution in [0.1, 0.15) is 77.6 Å². The summed E-state index contributed by atoms with van der Waals surface area (Å²) in [4.78, 5) is 72.6. The van der Waals surface area contributed by atoms with E-state index in [4.69, 9.17) is 19.4 Å². The summed E-state index contributed by atoms with van der Waals surface area (Å²) in [6.45, 7) is 14.6. The maximum atomic E-state index is 14.0. The second-order valence-corrected chi connectivity index (χ2v) is 23.2. The van der Waals surface area contributed by atoms with Crippen molar-refractivity contribution < 1.29 is 33.8 Å². The van der Waals surface area contributed by atoms with Crippen LogP contribution in [0.2, 0.25) is 19.1 Å². The Labute approximate surface area is 363 Å². The monoisotopic (exact) mass is 864 g/mol. The van der Waals surface area contributed by atoms with Crippen molar-refractivity contribution in [3.05, 3.63) is 66.4 Å². The normalized spacial score (nSPS) is 18.4. The number of carbonyl (C=O) groups excluding carboxylic acids is 4. The first kappa shape index (κ1) is 44.3. The van der Waals surface area contributed by atoms with Gasteiger partial charge in [-0.25, -0.2) is 14.8 Å². The zero-order chi connectivity index (χ0) is 44.5. The largest absolute Gasteiger partial charge is 0.493 e. The third kappa shape index (κ3) is 9.07. The molecule has 4 amide bonds. The smallest absolute Gasteiger partial charge is 0.407 e. The highest BCUT2D eigenvalue weighted by atomic mass is 28.3. The topological polar surface area (TPSA) is 195 Å². The van der Waals surface area contributed by atoms with Gasteiger partial charge in [0, 0.05) is 23.7 Å². The Morgan fingerprint density at radius 2 is 1.61 bits per heavy atom. The first-order valence-electron chi connectivity index (χ1n) is 21.7. The molecule has 5 N–H and O–H groups in total. The summed E-state index contributed by atoms with van der Waals surface area (Å²) >= 11 is 0. The van der Waals surface area contributed by atoms with Gasteiger partial charge in [0.15, 0.2) is 0 Å². The third-order valence-corrected chi connectivity index (χ3v) is 14.8. The number of aromatic amines is 2. The molecule has 2 fully saturated rings. The van der Waals surface area contributed by atoms with Crippen LogP contribution in [0.4, 0.5) is 4.79 Å². The number of H-pyrrole nitrogens is 2. The highest BCUT2D eigenvalue weighted by molar-refractivity contribution is 6.78. The van der Waals surface area contributed by atoms with Crippen molar-refractivity contribution in [1.29, 1.82) is 0 Å². The first-order chi connectivity index (χ1) is 29.6. The number of aromatic nitrogens is 4. The highest BCUT2D eigenvalue weighted by Gasteiger charge is 2.46. The number of benzene rings is 3. The molecule has 5 aromatic rings. The van der Waals surface area contributed by atoms with E-state index >= 15 is 0 Å². The molecule has 15 nitrogen and oxygen atoms in total. The fourth-order valence-corrected chi connectivity index (χ4v) is 11.8. The molecule has 2 saturated heterocycles. The van der Waals surface area contributed by atoms with Gasteiger partial charge in [-0.05, 0) is 77.9 Å². The molecule has 62 heavy (non-hydrogen) atoms. The fourth-order valence-electron chi connectivity index (χ4n) is 8.91. The van der Waals surface area contributed by atoms with Gasteiger partial charge >= 0.3 is 6.09 Å². The van der Waals surface area contributed by atoms with Crippen molar-refractivity contribution in [2.45, 2.75) is 97.2 Å². The Bertz CT molecular complexity index is 2460. The maximum Gasteiger partial charge on any atom is 0.407 e. The van der Waals surface area contributed by atoms with Crippen LogP contribution < -0.4 is 15.4 Å². The molecule has 2 aromatic heterocycles. The summed E-state index contributed by atoms with van der Waals surface area (Å²) in [6, 6.07) is 15.4. The summed E-state index contributed by atoms with van der Waals surface area (Å²) in [7, 11) is -0.509. The van der Waals surface area contributed by atoms with Gasteiger partial charge in [-0.3, -0.25) is 14.4 Å². The van der Waals surface area contributed by atoms with E-state index in [-0.39, 0.29) is 35.7 Å². The molecule has 0 aliphatic carbocycles. The number of hydrogen-bond donors (Lipinski definition) is 5. The molecular formula is C46H60N8O7Si. The Kier molecular flexibility index (Phi) is 13.1. The highest BCUT2D eigenvalue weighted by Crippen LogP contribution is 2.41. The quantitative estimate of drug-likeness (QED) is 0.0741. The van der Waals surface area contributed by atoms with Gasteiger partial charge in [-0.2, -0.15) is 0 Å². The minimum Gasteiger partial charge on any atom is -0.493 e. The lowest BCUT2D eigenvalue weighted by atomic mass is 9.98. The molecule has 2 aliphatic heterocycles. The van der Waals surface area contributed by atoms with E-state index in [9.17, 15) is 24.3 Å². The number of amides is 4. The number of carbonyl (C=O) groups is 4. The lowest BCUT2D eigenvalue weighted by Crippen LogP contribution is -2.52. The lowest BCUT2D eigenvalue weighted by molar-refractivity contribution is -0.139. The van der Waals surface area contributed by atoms with Crippen LogP contribution in [0.25, 0.3) is 44.2 Å². The second kappa shape index (κ2) is 18.3. The minimum atomic E-state index is -1.81. The molecule has 0 radical (unpaired) electrons. The molecule has 0 unspecified atom stereocenters. The number of fused-ring (bicyclic) bond motifs is 3. The van der Waals surface area contributed by atoms with Gasteiger partial charge in [0.2, 0.25) is 17.7 Å². The van der Waals surface area contributed by atoms with Crippen molar-refractivity contribution in [1.82, 2.24) is 40.4 Å². The summed E-state index contributed by atoms with van der Waals surface area (Å²) in [5.41, 5.74) is 5.35. The molecule has 0 bridgehead atoms. The average molecular weight is 865 g/mol. The number of hydrogen-bond acceptors (Lipinski definition) is 9. The SMILES string of the molecule is CCCOc1cc(-c2ccc3c(ccc4nc([C@@H]5CCCN5C(=O)[C@@H](NC(=O)CO)C(C)C)[nH]c43)c2)ccc1-c1cnc([C@@H]2C[Si](C)(C)CN2C(=O)[C@@H](NC(=O)OC)C(C)C)[nH]1. The Hall–Kier alpha value is -5.74. The van der Waals surface area contributed by atoms with Crippen molar-refractivity contribution in [2.75, 3.05) is 33.0 Å². The van der Waals surface area contributed by atoms with Crippen LogP contribution in [0.15, 0.2) is 54.7 Å². The Morgan fingerprint density at radius 1 is 0.903 bits per heavy atom. The second-order valence-electron chi connectivity index (χ2n) is 18.1. The van der Waals surface area contributed by atoms with Crippen LogP contribution >= 0.6 is 0 Å². The molecule has 0 saturated carbocycles. The Balaban J connectivity index is 1.15. The van der Waals surface area contributed by atoms with E-state index < -0.39 is 38.8 Å². The number of imidazole rings is 2.